The Hall–Kier alpha value is -1.04. The van der Waals surface area contributed by atoms with Crippen molar-refractivity contribution in [3.63, 3.8) is 0 Å². The van der Waals surface area contributed by atoms with Crippen LogP contribution in [0.5, 0.6) is 0 Å². The maximum atomic E-state index is 11.5. The Kier molecular flexibility index (Phi) is 3.60. The summed E-state index contributed by atoms with van der Waals surface area (Å²) in [6.45, 7) is 0. The average Bonchev–Trinajstić information content (AvgIpc) is 2.86. The van der Waals surface area contributed by atoms with E-state index in [0.29, 0.717) is 17.0 Å². The molecule has 0 aliphatic heterocycles. The average molecular weight is 226 g/mol. The van der Waals surface area contributed by atoms with Gasteiger partial charge in [0.1, 0.15) is 6.33 Å². The number of rotatable bonds is 4. The maximum Gasteiger partial charge on any atom is 0.230 e. The zero-order chi connectivity index (χ0) is 10.5. The van der Waals surface area contributed by atoms with Crippen LogP contribution in [0.25, 0.3) is 0 Å². The fourth-order valence-electron chi connectivity index (χ4n) is 1.74. The van der Waals surface area contributed by atoms with Gasteiger partial charge >= 0.3 is 0 Å². The number of nitrogens with zero attached hydrogens (tertiary/aromatic N) is 2. The number of H-pyrrole nitrogens is 1. The van der Waals surface area contributed by atoms with Gasteiger partial charge in [-0.3, -0.25) is 9.89 Å². The molecule has 0 radical (unpaired) electrons. The predicted octanol–water partition coefficient (Wildman–Crippen LogP) is 0.956. The molecule has 1 aliphatic rings. The third kappa shape index (κ3) is 3.23. The Labute approximate surface area is 92.4 Å². The Morgan fingerprint density at radius 1 is 1.60 bits per heavy atom. The molecule has 15 heavy (non-hydrogen) atoms. The van der Waals surface area contributed by atoms with Crippen molar-refractivity contribution in [3.8, 4) is 0 Å². The molecule has 1 saturated carbocycles. The molecule has 1 fully saturated rings. The largest absolute Gasteiger partial charge is 0.353 e. The van der Waals surface area contributed by atoms with Crippen LogP contribution in [0.3, 0.4) is 0 Å². The van der Waals surface area contributed by atoms with Gasteiger partial charge < -0.3 is 5.32 Å². The van der Waals surface area contributed by atoms with E-state index < -0.39 is 0 Å². The Balaban J connectivity index is 1.68. The summed E-state index contributed by atoms with van der Waals surface area (Å²) in [5.74, 6) is 0.495. The van der Waals surface area contributed by atoms with Crippen LogP contribution in [0, 0.1) is 0 Å². The molecule has 1 aliphatic carbocycles. The van der Waals surface area contributed by atoms with E-state index >= 15 is 0 Å². The second kappa shape index (κ2) is 5.16. The second-order valence-electron chi connectivity index (χ2n) is 3.63. The van der Waals surface area contributed by atoms with Gasteiger partial charge in [0.15, 0.2) is 5.16 Å². The summed E-state index contributed by atoms with van der Waals surface area (Å²) in [6, 6.07) is 0.396. The molecule has 1 aromatic rings. The van der Waals surface area contributed by atoms with Crippen LogP contribution < -0.4 is 5.32 Å². The first kappa shape index (κ1) is 10.5. The minimum Gasteiger partial charge on any atom is -0.353 e. The molecule has 0 spiro atoms. The van der Waals surface area contributed by atoms with E-state index in [2.05, 4.69) is 20.5 Å². The SMILES string of the molecule is O=C(CSc1ncn[nH]1)NC1CCCC1. The zero-order valence-electron chi connectivity index (χ0n) is 8.40. The first-order chi connectivity index (χ1) is 7.34. The topological polar surface area (TPSA) is 70.7 Å². The number of aromatic amines is 1. The third-order valence-corrected chi connectivity index (χ3v) is 3.33. The van der Waals surface area contributed by atoms with Crippen LogP contribution in [0.4, 0.5) is 0 Å². The molecule has 1 aromatic heterocycles. The van der Waals surface area contributed by atoms with Gasteiger partial charge in [0.25, 0.3) is 0 Å². The van der Waals surface area contributed by atoms with Crippen molar-refractivity contribution in [2.45, 2.75) is 36.9 Å². The summed E-state index contributed by atoms with van der Waals surface area (Å²) in [6.07, 6.45) is 6.16. The molecule has 0 saturated heterocycles. The minimum atomic E-state index is 0.0864. The highest BCUT2D eigenvalue weighted by molar-refractivity contribution is 7.99. The fraction of sp³-hybridized carbons (Fsp3) is 0.667. The van der Waals surface area contributed by atoms with Crippen molar-refractivity contribution in [2.75, 3.05) is 5.75 Å². The molecule has 0 atom stereocenters. The molecule has 6 heteroatoms. The Bertz CT molecular complexity index is 308. The van der Waals surface area contributed by atoms with Crippen LogP contribution in [0.1, 0.15) is 25.7 Å². The summed E-state index contributed by atoms with van der Waals surface area (Å²) in [4.78, 5) is 15.4. The highest BCUT2D eigenvalue weighted by Crippen LogP contribution is 2.18. The zero-order valence-corrected chi connectivity index (χ0v) is 9.22. The third-order valence-electron chi connectivity index (χ3n) is 2.45. The smallest absolute Gasteiger partial charge is 0.230 e. The molecular formula is C9H14N4OS. The van der Waals surface area contributed by atoms with Crippen LogP contribution in [-0.2, 0) is 4.79 Å². The predicted molar refractivity (Wildman–Crippen MR) is 57.5 cm³/mol. The maximum absolute atomic E-state index is 11.5. The van der Waals surface area contributed by atoms with E-state index in [-0.39, 0.29) is 5.91 Å². The number of amides is 1. The van der Waals surface area contributed by atoms with Crippen molar-refractivity contribution >= 4 is 17.7 Å². The number of nitrogens with one attached hydrogen (secondary N) is 2. The van der Waals surface area contributed by atoms with Gasteiger partial charge in [-0.1, -0.05) is 24.6 Å². The van der Waals surface area contributed by atoms with Gasteiger partial charge in [0, 0.05) is 6.04 Å². The van der Waals surface area contributed by atoms with E-state index in [9.17, 15) is 4.79 Å². The summed E-state index contributed by atoms with van der Waals surface area (Å²) < 4.78 is 0. The van der Waals surface area contributed by atoms with E-state index in [1.165, 1.54) is 30.9 Å². The normalized spacial score (nSPS) is 16.8. The summed E-state index contributed by atoms with van der Waals surface area (Å²) >= 11 is 1.38. The summed E-state index contributed by atoms with van der Waals surface area (Å²) in [5, 5.41) is 10.1. The quantitative estimate of drug-likeness (QED) is 0.750. The summed E-state index contributed by atoms with van der Waals surface area (Å²) in [5.41, 5.74) is 0. The Morgan fingerprint density at radius 3 is 3.07 bits per heavy atom. The molecular weight excluding hydrogens is 212 g/mol. The molecule has 0 unspecified atom stereocenters. The van der Waals surface area contributed by atoms with E-state index in [0.717, 1.165) is 12.8 Å². The molecule has 1 heterocycles. The van der Waals surface area contributed by atoms with Crippen LogP contribution in [-0.4, -0.2) is 32.9 Å². The van der Waals surface area contributed by atoms with Crippen LogP contribution in [0.2, 0.25) is 0 Å². The van der Waals surface area contributed by atoms with Gasteiger partial charge in [0.05, 0.1) is 5.75 Å². The highest BCUT2D eigenvalue weighted by atomic mass is 32.2. The molecule has 2 rings (SSSR count). The van der Waals surface area contributed by atoms with Crippen molar-refractivity contribution in [3.05, 3.63) is 6.33 Å². The number of hydrogen-bond donors (Lipinski definition) is 2. The minimum absolute atomic E-state index is 0.0864. The molecule has 2 N–H and O–H groups in total. The monoisotopic (exact) mass is 226 g/mol. The number of thioether (sulfide) groups is 1. The van der Waals surface area contributed by atoms with Gasteiger partial charge in [-0.15, -0.1) is 0 Å². The molecule has 0 bridgehead atoms. The Morgan fingerprint density at radius 2 is 2.40 bits per heavy atom. The number of carbonyl (C=O) groups excluding carboxylic acids is 1. The first-order valence-corrected chi connectivity index (χ1v) is 6.10. The number of hydrogen-bond acceptors (Lipinski definition) is 4. The lowest BCUT2D eigenvalue weighted by Gasteiger charge is -2.10. The van der Waals surface area contributed by atoms with Gasteiger partial charge in [-0.05, 0) is 12.8 Å². The standard InChI is InChI=1S/C9H14N4OS/c14-8(12-7-3-1-2-4-7)5-15-9-10-6-11-13-9/h6-7H,1-5H2,(H,12,14)(H,10,11,13). The van der Waals surface area contributed by atoms with E-state index in [1.807, 2.05) is 0 Å². The van der Waals surface area contributed by atoms with Crippen molar-refractivity contribution < 1.29 is 4.79 Å². The van der Waals surface area contributed by atoms with Crippen LogP contribution >= 0.6 is 11.8 Å². The lowest BCUT2D eigenvalue weighted by Crippen LogP contribution is -2.33. The fourth-order valence-corrected chi connectivity index (χ4v) is 2.33. The van der Waals surface area contributed by atoms with Crippen LogP contribution in [0.15, 0.2) is 11.5 Å². The molecule has 0 aromatic carbocycles. The van der Waals surface area contributed by atoms with Crippen molar-refractivity contribution in [1.82, 2.24) is 20.5 Å². The van der Waals surface area contributed by atoms with Gasteiger partial charge in [0.2, 0.25) is 5.91 Å². The molecule has 1 amide bonds. The number of carbonyl (C=O) groups is 1. The van der Waals surface area contributed by atoms with Gasteiger partial charge in [-0.25, -0.2) is 4.98 Å². The highest BCUT2D eigenvalue weighted by Gasteiger charge is 2.17. The molecule has 82 valence electrons. The molecule has 5 nitrogen and oxygen atoms in total. The van der Waals surface area contributed by atoms with E-state index in [1.54, 1.807) is 0 Å². The first-order valence-electron chi connectivity index (χ1n) is 5.12. The van der Waals surface area contributed by atoms with Crippen molar-refractivity contribution in [2.24, 2.45) is 0 Å². The number of aromatic nitrogens is 3. The summed E-state index contributed by atoms with van der Waals surface area (Å²) in [7, 11) is 0. The van der Waals surface area contributed by atoms with Crippen molar-refractivity contribution in [1.29, 1.82) is 0 Å². The van der Waals surface area contributed by atoms with Gasteiger partial charge in [-0.2, -0.15) is 5.10 Å². The lowest BCUT2D eigenvalue weighted by molar-refractivity contribution is -0.119. The second-order valence-corrected chi connectivity index (χ2v) is 4.59. The lowest BCUT2D eigenvalue weighted by atomic mass is 10.2. The van der Waals surface area contributed by atoms with E-state index in [4.69, 9.17) is 0 Å².